The second kappa shape index (κ2) is 4.65. The first-order chi connectivity index (χ1) is 8.08. The number of carbonyl (C=O) groups is 1. The molecule has 0 spiro atoms. The van der Waals surface area contributed by atoms with Gasteiger partial charge in [-0.1, -0.05) is 0 Å². The Morgan fingerprint density at radius 2 is 2.12 bits per heavy atom. The molecule has 0 radical (unpaired) electrons. The summed E-state index contributed by atoms with van der Waals surface area (Å²) in [5.41, 5.74) is 7.01. The number of rotatable bonds is 3. The molecule has 1 fully saturated rings. The van der Waals surface area contributed by atoms with E-state index in [9.17, 15) is 4.79 Å². The Balaban J connectivity index is 2.13. The van der Waals surface area contributed by atoms with E-state index in [1.807, 2.05) is 0 Å². The summed E-state index contributed by atoms with van der Waals surface area (Å²) in [5.74, 6) is 0.636. The summed E-state index contributed by atoms with van der Waals surface area (Å²) in [6.07, 6.45) is 3.71. The van der Waals surface area contributed by atoms with Gasteiger partial charge in [-0.05, 0) is 37.5 Å². The van der Waals surface area contributed by atoms with Crippen LogP contribution in [-0.2, 0) is 0 Å². The molecule has 1 amide bonds. The molecule has 0 bridgehead atoms. The quantitative estimate of drug-likeness (QED) is 0.813. The van der Waals surface area contributed by atoms with Gasteiger partial charge in [0, 0.05) is 19.7 Å². The molecule has 0 heterocycles. The summed E-state index contributed by atoms with van der Waals surface area (Å²) < 4.78 is 5.73. The maximum Gasteiger partial charge on any atom is 0.253 e. The van der Waals surface area contributed by atoms with Gasteiger partial charge in [-0.2, -0.15) is 0 Å². The van der Waals surface area contributed by atoms with Crippen molar-refractivity contribution in [1.82, 2.24) is 4.90 Å². The molecule has 1 saturated carbocycles. The molecule has 0 aromatic heterocycles. The molecule has 1 aromatic carbocycles. The lowest BCUT2D eigenvalue weighted by atomic mass is 9.96. The average Bonchev–Trinajstić information content (AvgIpc) is 2.23. The van der Waals surface area contributed by atoms with E-state index >= 15 is 0 Å². The van der Waals surface area contributed by atoms with Crippen molar-refractivity contribution in [3.05, 3.63) is 23.8 Å². The predicted octanol–water partition coefficient (Wildman–Crippen LogP) is 1.90. The van der Waals surface area contributed by atoms with Crippen LogP contribution < -0.4 is 10.5 Å². The third kappa shape index (κ3) is 2.52. The fourth-order valence-electron chi connectivity index (χ4n) is 1.72. The first-order valence-electron chi connectivity index (χ1n) is 5.86. The summed E-state index contributed by atoms with van der Waals surface area (Å²) in [7, 11) is 3.44. The van der Waals surface area contributed by atoms with Gasteiger partial charge in [0.25, 0.3) is 5.91 Å². The smallest absolute Gasteiger partial charge is 0.253 e. The van der Waals surface area contributed by atoms with Crippen molar-refractivity contribution in [2.24, 2.45) is 0 Å². The van der Waals surface area contributed by atoms with E-state index in [2.05, 4.69) is 0 Å². The molecule has 0 aliphatic heterocycles. The second-order valence-corrected chi connectivity index (χ2v) is 4.62. The van der Waals surface area contributed by atoms with E-state index in [-0.39, 0.29) is 5.91 Å². The first kappa shape index (κ1) is 11.8. The molecule has 0 saturated heterocycles. The van der Waals surface area contributed by atoms with Crippen LogP contribution in [0.25, 0.3) is 0 Å². The molecule has 0 atom stereocenters. The summed E-state index contributed by atoms with van der Waals surface area (Å²) in [6, 6.07) is 5.22. The van der Waals surface area contributed by atoms with Crippen LogP contribution in [-0.4, -0.2) is 31.0 Å². The Morgan fingerprint density at radius 3 is 2.59 bits per heavy atom. The molecule has 2 N–H and O–H groups in total. The Bertz CT molecular complexity index is 425. The number of nitrogens with zero attached hydrogens (tertiary/aromatic N) is 1. The zero-order chi connectivity index (χ0) is 12.4. The molecular weight excluding hydrogens is 216 g/mol. The lowest BCUT2D eigenvalue weighted by molar-refractivity contribution is 0.0827. The molecule has 17 heavy (non-hydrogen) atoms. The average molecular weight is 234 g/mol. The highest BCUT2D eigenvalue weighted by Gasteiger charge is 2.20. The van der Waals surface area contributed by atoms with Crippen LogP contribution in [0.4, 0.5) is 5.69 Å². The number of nitrogen functional groups attached to an aromatic ring is 1. The molecule has 2 rings (SSSR count). The van der Waals surface area contributed by atoms with Gasteiger partial charge in [-0.25, -0.2) is 0 Å². The lowest BCUT2D eigenvalue weighted by Gasteiger charge is -2.27. The van der Waals surface area contributed by atoms with Crippen molar-refractivity contribution in [3.63, 3.8) is 0 Å². The summed E-state index contributed by atoms with van der Waals surface area (Å²) in [4.78, 5) is 13.3. The zero-order valence-electron chi connectivity index (χ0n) is 10.3. The van der Waals surface area contributed by atoms with Crippen molar-refractivity contribution < 1.29 is 9.53 Å². The van der Waals surface area contributed by atoms with E-state index < -0.39 is 0 Å². The zero-order valence-corrected chi connectivity index (χ0v) is 10.3. The van der Waals surface area contributed by atoms with Gasteiger partial charge in [0.1, 0.15) is 5.75 Å². The summed E-state index contributed by atoms with van der Waals surface area (Å²) in [6.45, 7) is 0. The van der Waals surface area contributed by atoms with Crippen LogP contribution in [0.5, 0.6) is 5.75 Å². The van der Waals surface area contributed by atoms with Gasteiger partial charge < -0.3 is 15.4 Å². The number of amides is 1. The van der Waals surface area contributed by atoms with E-state index in [1.54, 1.807) is 32.3 Å². The van der Waals surface area contributed by atoms with E-state index in [1.165, 1.54) is 11.3 Å². The number of benzene rings is 1. The topological polar surface area (TPSA) is 55.6 Å². The highest BCUT2D eigenvalue weighted by Crippen LogP contribution is 2.29. The Hall–Kier alpha value is -1.71. The van der Waals surface area contributed by atoms with Crippen LogP contribution in [0.3, 0.4) is 0 Å². The van der Waals surface area contributed by atoms with Gasteiger partial charge in [-0.15, -0.1) is 0 Å². The third-order valence-electron chi connectivity index (χ3n) is 3.01. The number of carbonyl (C=O) groups excluding carboxylic acids is 1. The van der Waals surface area contributed by atoms with Crippen molar-refractivity contribution in [2.45, 2.75) is 25.4 Å². The van der Waals surface area contributed by atoms with Crippen LogP contribution in [0.15, 0.2) is 18.2 Å². The van der Waals surface area contributed by atoms with Gasteiger partial charge in [0.05, 0.1) is 11.8 Å². The minimum Gasteiger partial charge on any atom is -0.488 e. The predicted molar refractivity (Wildman–Crippen MR) is 67.1 cm³/mol. The van der Waals surface area contributed by atoms with Gasteiger partial charge in [0.2, 0.25) is 0 Å². The van der Waals surface area contributed by atoms with E-state index in [0.29, 0.717) is 23.1 Å². The van der Waals surface area contributed by atoms with Crippen LogP contribution in [0.2, 0.25) is 0 Å². The van der Waals surface area contributed by atoms with Gasteiger partial charge in [0.15, 0.2) is 0 Å². The lowest BCUT2D eigenvalue weighted by Crippen LogP contribution is -2.25. The minimum atomic E-state index is -0.0492. The van der Waals surface area contributed by atoms with E-state index in [4.69, 9.17) is 10.5 Å². The second-order valence-electron chi connectivity index (χ2n) is 4.62. The fraction of sp³-hybridized carbons (Fsp3) is 0.462. The maximum atomic E-state index is 11.7. The number of hydrogen-bond acceptors (Lipinski definition) is 3. The molecule has 4 nitrogen and oxygen atoms in total. The van der Waals surface area contributed by atoms with Crippen molar-refractivity contribution in [1.29, 1.82) is 0 Å². The highest BCUT2D eigenvalue weighted by atomic mass is 16.5. The van der Waals surface area contributed by atoms with Gasteiger partial charge >= 0.3 is 0 Å². The normalized spacial score (nSPS) is 15.2. The standard InChI is InChI=1S/C13H18N2O2/c1-15(2)13(16)9-6-7-12(11(14)8-9)17-10-4-3-5-10/h6-8,10H,3-5,14H2,1-2H3. The molecule has 0 unspecified atom stereocenters. The summed E-state index contributed by atoms with van der Waals surface area (Å²) in [5, 5.41) is 0. The monoisotopic (exact) mass is 234 g/mol. The Kier molecular flexibility index (Phi) is 3.22. The van der Waals surface area contributed by atoms with Crippen LogP contribution >= 0.6 is 0 Å². The molecule has 1 aromatic rings. The van der Waals surface area contributed by atoms with Crippen LogP contribution in [0, 0.1) is 0 Å². The molecule has 4 heteroatoms. The number of nitrogens with two attached hydrogens (primary N) is 1. The highest BCUT2D eigenvalue weighted by molar-refractivity contribution is 5.95. The van der Waals surface area contributed by atoms with E-state index in [0.717, 1.165) is 12.8 Å². The summed E-state index contributed by atoms with van der Waals surface area (Å²) >= 11 is 0. The van der Waals surface area contributed by atoms with Crippen molar-refractivity contribution in [3.8, 4) is 5.75 Å². The Labute approximate surface area is 101 Å². The Morgan fingerprint density at radius 1 is 1.41 bits per heavy atom. The SMILES string of the molecule is CN(C)C(=O)c1ccc(OC2CCC2)c(N)c1. The molecular formula is C13H18N2O2. The number of ether oxygens (including phenoxy) is 1. The molecule has 1 aliphatic rings. The number of hydrogen-bond donors (Lipinski definition) is 1. The first-order valence-corrected chi connectivity index (χ1v) is 5.86. The van der Waals surface area contributed by atoms with Crippen molar-refractivity contribution >= 4 is 11.6 Å². The third-order valence-corrected chi connectivity index (χ3v) is 3.01. The largest absolute Gasteiger partial charge is 0.488 e. The number of anilines is 1. The minimum absolute atomic E-state index is 0.0492. The van der Waals surface area contributed by atoms with Crippen molar-refractivity contribution in [2.75, 3.05) is 19.8 Å². The fourth-order valence-corrected chi connectivity index (χ4v) is 1.72. The van der Waals surface area contributed by atoms with Gasteiger partial charge in [-0.3, -0.25) is 4.79 Å². The molecule has 92 valence electrons. The molecule has 1 aliphatic carbocycles. The maximum absolute atomic E-state index is 11.7. The van der Waals surface area contributed by atoms with Crippen LogP contribution in [0.1, 0.15) is 29.6 Å².